The van der Waals surface area contributed by atoms with Crippen molar-refractivity contribution < 1.29 is 0 Å². The van der Waals surface area contributed by atoms with E-state index in [1.807, 2.05) is 24.0 Å². The smallest absolute Gasteiger partial charge is 0.166 e. The first-order valence-corrected chi connectivity index (χ1v) is 9.63. The van der Waals surface area contributed by atoms with Crippen molar-refractivity contribution in [2.75, 3.05) is 13.1 Å². The summed E-state index contributed by atoms with van der Waals surface area (Å²) in [7, 11) is 0. The Hall–Kier alpha value is -2.58. The van der Waals surface area contributed by atoms with E-state index < -0.39 is 0 Å². The van der Waals surface area contributed by atoms with Gasteiger partial charge in [0.15, 0.2) is 5.82 Å². The van der Waals surface area contributed by atoms with Crippen molar-refractivity contribution in [1.29, 1.82) is 0 Å². The lowest BCUT2D eigenvalue weighted by Crippen LogP contribution is -2.29. The van der Waals surface area contributed by atoms with Crippen LogP contribution in [0.3, 0.4) is 0 Å². The Morgan fingerprint density at radius 1 is 1.23 bits per heavy atom. The Kier molecular flexibility index (Phi) is 3.79. The van der Waals surface area contributed by atoms with Crippen LogP contribution < -0.4 is 5.32 Å². The second-order valence-corrected chi connectivity index (χ2v) is 7.81. The molecule has 0 saturated carbocycles. The Balaban J connectivity index is 1.51. The summed E-state index contributed by atoms with van der Waals surface area (Å²) < 4.78 is 5.23. The second-order valence-electron chi connectivity index (χ2n) is 6.57. The molecular weight excluding hydrogens is 346 g/mol. The summed E-state index contributed by atoms with van der Waals surface area (Å²) in [4.78, 5) is 9.06. The molecule has 1 aliphatic rings. The monoisotopic (exact) mass is 365 g/mol. The number of piperidine rings is 1. The fourth-order valence-corrected chi connectivity index (χ4v) is 4.37. The fraction of sp³-hybridized carbons (Fsp3) is 0.333. The Morgan fingerprint density at radius 2 is 2.12 bits per heavy atom. The first-order valence-electron chi connectivity index (χ1n) is 8.82. The molecule has 8 heteroatoms. The maximum absolute atomic E-state index is 4.53. The molecule has 0 unspecified atom stereocenters. The van der Waals surface area contributed by atoms with Gasteiger partial charge in [-0.15, -0.1) is 16.4 Å². The highest BCUT2D eigenvalue weighted by Gasteiger charge is 2.19. The average Bonchev–Trinajstić information content (AvgIpc) is 3.39. The number of rotatable bonds is 3. The van der Waals surface area contributed by atoms with Crippen LogP contribution >= 0.6 is 11.3 Å². The van der Waals surface area contributed by atoms with E-state index in [1.165, 1.54) is 4.70 Å². The minimum absolute atomic E-state index is 0.414. The van der Waals surface area contributed by atoms with Crippen molar-refractivity contribution in [3.05, 3.63) is 41.8 Å². The second kappa shape index (κ2) is 6.30. The predicted octanol–water partition coefficient (Wildman–Crippen LogP) is 2.97. The van der Waals surface area contributed by atoms with Crippen LogP contribution in [0.1, 0.15) is 23.9 Å². The summed E-state index contributed by atoms with van der Waals surface area (Å²) in [6, 6.07) is 6.70. The number of aromatic nitrogens is 6. The number of thiazole rings is 1. The molecule has 0 bridgehead atoms. The number of hydrogen-bond acceptors (Lipinski definition) is 6. The molecule has 0 atom stereocenters. The van der Waals surface area contributed by atoms with Gasteiger partial charge in [0.2, 0.25) is 0 Å². The normalized spacial score (nSPS) is 15.7. The molecule has 26 heavy (non-hydrogen) atoms. The van der Waals surface area contributed by atoms with Gasteiger partial charge in [-0.25, -0.2) is 14.6 Å². The molecule has 0 radical (unpaired) electrons. The highest BCUT2D eigenvalue weighted by atomic mass is 32.1. The molecule has 0 amide bonds. The Bertz CT molecular complexity index is 1050. The zero-order valence-electron chi connectivity index (χ0n) is 14.5. The summed E-state index contributed by atoms with van der Waals surface area (Å²) in [5.41, 5.74) is 2.90. The first-order chi connectivity index (χ1) is 12.8. The van der Waals surface area contributed by atoms with E-state index in [0.29, 0.717) is 6.04 Å². The molecule has 5 rings (SSSR count). The van der Waals surface area contributed by atoms with Gasteiger partial charge >= 0.3 is 0 Å². The van der Waals surface area contributed by atoms with Gasteiger partial charge in [0.25, 0.3) is 0 Å². The van der Waals surface area contributed by atoms with Crippen LogP contribution in [0.2, 0.25) is 0 Å². The SMILES string of the molecule is Cc1nc2ccc(-n3ccnc3-c3cn(C4CCNCC4)nn3)cc2s1. The molecule has 4 aromatic rings. The fourth-order valence-electron chi connectivity index (χ4n) is 3.51. The first kappa shape index (κ1) is 15.7. The van der Waals surface area contributed by atoms with Crippen LogP contribution in [0.5, 0.6) is 0 Å². The number of imidazole rings is 1. The number of hydrogen-bond donors (Lipinski definition) is 1. The Morgan fingerprint density at radius 3 is 3.00 bits per heavy atom. The lowest BCUT2D eigenvalue weighted by Gasteiger charge is -2.22. The van der Waals surface area contributed by atoms with E-state index >= 15 is 0 Å². The van der Waals surface area contributed by atoms with E-state index in [4.69, 9.17) is 0 Å². The summed E-state index contributed by atoms with van der Waals surface area (Å²) in [5.74, 6) is 0.811. The van der Waals surface area contributed by atoms with Gasteiger partial charge in [-0.1, -0.05) is 5.21 Å². The summed E-state index contributed by atoms with van der Waals surface area (Å²) in [6.45, 7) is 4.09. The maximum Gasteiger partial charge on any atom is 0.166 e. The minimum Gasteiger partial charge on any atom is -0.317 e. The van der Waals surface area contributed by atoms with Crippen LogP contribution in [0.4, 0.5) is 0 Å². The molecule has 0 aliphatic carbocycles. The lowest BCUT2D eigenvalue weighted by atomic mass is 10.1. The quantitative estimate of drug-likeness (QED) is 0.604. The van der Waals surface area contributed by atoms with Gasteiger partial charge in [0.1, 0.15) is 5.69 Å². The van der Waals surface area contributed by atoms with Crippen LogP contribution in [-0.4, -0.2) is 42.6 Å². The molecule has 1 fully saturated rings. The summed E-state index contributed by atoms with van der Waals surface area (Å²) in [5, 5.41) is 13.2. The van der Waals surface area contributed by atoms with Crippen molar-refractivity contribution in [3.63, 3.8) is 0 Å². The summed E-state index contributed by atoms with van der Waals surface area (Å²) >= 11 is 1.71. The zero-order valence-corrected chi connectivity index (χ0v) is 15.3. The van der Waals surface area contributed by atoms with E-state index in [9.17, 15) is 0 Å². The van der Waals surface area contributed by atoms with Gasteiger partial charge in [0, 0.05) is 18.1 Å². The number of fused-ring (bicyclic) bond motifs is 1. The molecule has 1 N–H and O–H groups in total. The lowest BCUT2D eigenvalue weighted by molar-refractivity contribution is 0.337. The minimum atomic E-state index is 0.414. The molecule has 0 spiro atoms. The van der Waals surface area contributed by atoms with Crippen molar-refractivity contribution in [3.8, 4) is 17.2 Å². The molecule has 132 valence electrons. The van der Waals surface area contributed by atoms with Crippen molar-refractivity contribution in [2.24, 2.45) is 0 Å². The van der Waals surface area contributed by atoms with Gasteiger partial charge in [-0.05, 0) is 51.1 Å². The van der Waals surface area contributed by atoms with Crippen LogP contribution in [0, 0.1) is 6.92 Å². The van der Waals surface area contributed by atoms with E-state index in [0.717, 1.165) is 53.7 Å². The molecule has 7 nitrogen and oxygen atoms in total. The zero-order chi connectivity index (χ0) is 17.5. The van der Waals surface area contributed by atoms with Gasteiger partial charge < -0.3 is 5.32 Å². The molecule has 4 heterocycles. The van der Waals surface area contributed by atoms with Gasteiger partial charge in [-0.3, -0.25) is 4.57 Å². The predicted molar refractivity (Wildman–Crippen MR) is 102 cm³/mol. The topological polar surface area (TPSA) is 73.5 Å². The Labute approximate surface area is 154 Å². The number of benzene rings is 1. The highest BCUT2D eigenvalue weighted by molar-refractivity contribution is 7.18. The highest BCUT2D eigenvalue weighted by Crippen LogP contribution is 2.27. The number of nitrogens with zero attached hydrogens (tertiary/aromatic N) is 6. The summed E-state index contributed by atoms with van der Waals surface area (Å²) in [6.07, 6.45) is 7.95. The van der Waals surface area contributed by atoms with Crippen molar-refractivity contribution >= 4 is 21.6 Å². The largest absolute Gasteiger partial charge is 0.317 e. The third-order valence-corrected chi connectivity index (χ3v) is 5.75. The van der Waals surface area contributed by atoms with E-state index in [-0.39, 0.29) is 0 Å². The van der Waals surface area contributed by atoms with E-state index in [2.05, 4.69) is 48.4 Å². The van der Waals surface area contributed by atoms with Crippen LogP contribution in [0.25, 0.3) is 27.4 Å². The van der Waals surface area contributed by atoms with Crippen LogP contribution in [-0.2, 0) is 0 Å². The van der Waals surface area contributed by atoms with Crippen molar-refractivity contribution in [2.45, 2.75) is 25.8 Å². The molecule has 1 aromatic carbocycles. The molecular formula is C18H19N7S. The van der Waals surface area contributed by atoms with E-state index in [1.54, 1.807) is 17.5 Å². The standard InChI is InChI=1S/C18H19N7S/c1-12-21-15-3-2-14(10-17(15)26-12)24-9-8-20-18(24)16-11-25(23-22-16)13-4-6-19-7-5-13/h2-3,8-11,13,19H,4-7H2,1H3. The van der Waals surface area contributed by atoms with Gasteiger partial charge in [-0.2, -0.15) is 0 Å². The third-order valence-electron chi connectivity index (χ3n) is 4.82. The van der Waals surface area contributed by atoms with Gasteiger partial charge in [0.05, 0.1) is 27.5 Å². The molecule has 1 aliphatic heterocycles. The number of nitrogens with one attached hydrogen (secondary N) is 1. The maximum atomic E-state index is 4.53. The van der Waals surface area contributed by atoms with Crippen molar-refractivity contribution in [1.82, 2.24) is 34.8 Å². The average molecular weight is 365 g/mol. The molecule has 1 saturated heterocycles. The number of aryl methyl sites for hydroxylation is 1. The van der Waals surface area contributed by atoms with Crippen LogP contribution in [0.15, 0.2) is 36.8 Å². The molecule has 3 aromatic heterocycles. The third kappa shape index (κ3) is 2.71.